The van der Waals surface area contributed by atoms with Crippen molar-refractivity contribution in [2.75, 3.05) is 24.5 Å². The summed E-state index contributed by atoms with van der Waals surface area (Å²) in [5.74, 6) is 0.770. The van der Waals surface area contributed by atoms with E-state index in [1.54, 1.807) is 0 Å². The third-order valence-corrected chi connectivity index (χ3v) is 4.74. The quantitative estimate of drug-likeness (QED) is 0.773. The summed E-state index contributed by atoms with van der Waals surface area (Å²) >= 11 is 6.09. The predicted octanol–water partition coefficient (Wildman–Crippen LogP) is 1.25. The highest BCUT2D eigenvalue weighted by Gasteiger charge is 2.36. The Bertz CT molecular complexity index is 691. The fourth-order valence-corrected chi connectivity index (χ4v) is 3.58. The van der Waals surface area contributed by atoms with Crippen molar-refractivity contribution in [1.82, 2.24) is 20.2 Å². The van der Waals surface area contributed by atoms with Gasteiger partial charge in [0.1, 0.15) is 5.82 Å². The van der Waals surface area contributed by atoms with Crippen LogP contribution in [-0.4, -0.2) is 57.8 Å². The first-order valence-corrected chi connectivity index (χ1v) is 8.28. The Hall–Kier alpha value is -2.11. The third kappa shape index (κ3) is 3.09. The van der Waals surface area contributed by atoms with Crippen LogP contribution in [0.15, 0.2) is 0 Å². The molecule has 2 atom stereocenters. The van der Waals surface area contributed by atoms with Gasteiger partial charge in [0.25, 0.3) is 0 Å². The van der Waals surface area contributed by atoms with Crippen LogP contribution in [0.1, 0.15) is 24.6 Å². The molecule has 0 saturated carbocycles. The highest BCUT2D eigenvalue weighted by atomic mass is 35.5. The number of hydrogen-bond acceptors (Lipinski definition) is 6. The Labute approximate surface area is 145 Å². The van der Waals surface area contributed by atoms with Crippen molar-refractivity contribution in [3.8, 4) is 6.07 Å². The van der Waals surface area contributed by atoms with Crippen molar-refractivity contribution < 1.29 is 9.90 Å². The van der Waals surface area contributed by atoms with E-state index in [2.05, 4.69) is 26.3 Å². The van der Waals surface area contributed by atoms with E-state index in [4.69, 9.17) is 16.9 Å². The van der Waals surface area contributed by atoms with E-state index in [9.17, 15) is 9.90 Å². The first-order valence-electron chi connectivity index (χ1n) is 7.90. The molecule has 0 radical (unpaired) electrons. The minimum absolute atomic E-state index is 0.0546. The Morgan fingerprint density at radius 1 is 1.50 bits per heavy atom. The van der Waals surface area contributed by atoms with Crippen molar-refractivity contribution in [3.63, 3.8) is 0 Å². The zero-order valence-corrected chi connectivity index (χ0v) is 14.1. The van der Waals surface area contributed by atoms with Gasteiger partial charge in [-0.25, -0.2) is 14.8 Å². The molecule has 0 aliphatic carbocycles. The van der Waals surface area contributed by atoms with Crippen LogP contribution in [0.4, 0.5) is 10.6 Å². The van der Waals surface area contributed by atoms with E-state index < -0.39 is 6.09 Å². The van der Waals surface area contributed by atoms with Crippen molar-refractivity contribution in [2.45, 2.75) is 38.4 Å². The van der Waals surface area contributed by atoms with Crippen LogP contribution in [-0.2, 0) is 13.0 Å². The average molecular weight is 351 g/mol. The van der Waals surface area contributed by atoms with Crippen LogP contribution < -0.4 is 10.2 Å². The normalized spacial score (nSPS) is 23.5. The van der Waals surface area contributed by atoms with E-state index in [1.165, 1.54) is 4.90 Å². The molecular formula is C15H19ClN6O2. The van der Waals surface area contributed by atoms with Crippen LogP contribution >= 0.6 is 11.6 Å². The second-order valence-corrected chi connectivity index (χ2v) is 6.46. The predicted molar refractivity (Wildman–Crippen MR) is 88.0 cm³/mol. The van der Waals surface area contributed by atoms with E-state index in [1.807, 2.05) is 6.92 Å². The molecule has 0 aromatic carbocycles. The SMILES string of the molecule is CC1CN(C(=O)O)C(CC#N)CN1c1nc(Cl)nc2c1CCNC2. The molecule has 1 saturated heterocycles. The number of halogens is 1. The number of anilines is 1. The minimum atomic E-state index is -0.992. The molecular weight excluding hydrogens is 332 g/mol. The maximum atomic E-state index is 11.5. The first-order chi connectivity index (χ1) is 11.5. The van der Waals surface area contributed by atoms with Gasteiger partial charge in [-0.3, -0.25) is 0 Å². The number of carboxylic acid groups (broad SMARTS) is 1. The third-order valence-electron chi connectivity index (χ3n) is 4.57. The van der Waals surface area contributed by atoms with Gasteiger partial charge >= 0.3 is 6.09 Å². The van der Waals surface area contributed by atoms with Crippen molar-refractivity contribution in [3.05, 3.63) is 16.5 Å². The molecule has 1 amide bonds. The molecule has 24 heavy (non-hydrogen) atoms. The van der Waals surface area contributed by atoms with Crippen LogP contribution in [0.25, 0.3) is 0 Å². The second kappa shape index (κ2) is 6.79. The maximum absolute atomic E-state index is 11.5. The molecule has 2 unspecified atom stereocenters. The lowest BCUT2D eigenvalue weighted by molar-refractivity contribution is 0.110. The lowest BCUT2D eigenvalue weighted by Gasteiger charge is -2.44. The fourth-order valence-electron chi connectivity index (χ4n) is 3.40. The van der Waals surface area contributed by atoms with Gasteiger partial charge < -0.3 is 20.2 Å². The first kappa shape index (κ1) is 16.7. The van der Waals surface area contributed by atoms with E-state index >= 15 is 0 Å². The largest absolute Gasteiger partial charge is 0.465 e. The second-order valence-electron chi connectivity index (χ2n) is 6.12. The van der Waals surface area contributed by atoms with Crippen LogP contribution in [0.5, 0.6) is 0 Å². The van der Waals surface area contributed by atoms with Gasteiger partial charge in [0.2, 0.25) is 5.28 Å². The summed E-state index contributed by atoms with van der Waals surface area (Å²) in [5, 5.41) is 21.9. The lowest BCUT2D eigenvalue weighted by atomic mass is 10.0. The Morgan fingerprint density at radius 2 is 2.29 bits per heavy atom. The molecule has 1 aromatic rings. The maximum Gasteiger partial charge on any atom is 0.407 e. The van der Waals surface area contributed by atoms with Gasteiger partial charge in [0, 0.05) is 31.2 Å². The number of hydrogen-bond donors (Lipinski definition) is 2. The Morgan fingerprint density at radius 3 is 3.00 bits per heavy atom. The van der Waals surface area contributed by atoms with Gasteiger partial charge in [-0.1, -0.05) is 0 Å². The molecule has 1 fully saturated rings. The summed E-state index contributed by atoms with van der Waals surface area (Å²) in [6.45, 7) is 4.21. The topological polar surface area (TPSA) is 105 Å². The lowest BCUT2D eigenvalue weighted by Crippen LogP contribution is -2.59. The number of nitrogens with one attached hydrogen (secondary N) is 1. The van der Waals surface area contributed by atoms with Crippen LogP contribution in [0.3, 0.4) is 0 Å². The molecule has 2 N–H and O–H groups in total. The number of piperazine rings is 1. The Balaban J connectivity index is 1.96. The van der Waals surface area contributed by atoms with E-state index in [-0.39, 0.29) is 23.8 Å². The molecule has 3 heterocycles. The Kier molecular flexibility index (Phi) is 4.73. The molecule has 0 bridgehead atoms. The number of nitrogens with zero attached hydrogens (tertiary/aromatic N) is 5. The summed E-state index contributed by atoms with van der Waals surface area (Å²) in [6.07, 6.45) is -0.0389. The summed E-state index contributed by atoms with van der Waals surface area (Å²) in [4.78, 5) is 23.6. The summed E-state index contributed by atoms with van der Waals surface area (Å²) < 4.78 is 0. The standard InChI is InChI=1S/C15H19ClN6O2/c1-9-7-22(15(23)24)10(2-4-17)8-21(9)13-11-3-5-18-6-12(11)19-14(16)20-13/h9-10,18H,2-3,5-8H2,1H3,(H,23,24). The number of rotatable bonds is 2. The van der Waals surface area contributed by atoms with Crippen LogP contribution in [0.2, 0.25) is 5.28 Å². The zero-order valence-electron chi connectivity index (χ0n) is 13.4. The molecule has 3 rings (SSSR count). The number of fused-ring (bicyclic) bond motifs is 1. The minimum Gasteiger partial charge on any atom is -0.465 e. The van der Waals surface area contributed by atoms with Gasteiger partial charge in [-0.15, -0.1) is 0 Å². The highest BCUT2D eigenvalue weighted by Crippen LogP contribution is 2.30. The molecule has 2 aliphatic heterocycles. The highest BCUT2D eigenvalue weighted by molar-refractivity contribution is 6.28. The monoisotopic (exact) mass is 350 g/mol. The van der Waals surface area contributed by atoms with Gasteiger partial charge in [-0.2, -0.15) is 5.26 Å². The van der Waals surface area contributed by atoms with Gasteiger partial charge in [0.15, 0.2) is 0 Å². The summed E-state index contributed by atoms with van der Waals surface area (Å²) in [6, 6.07) is 1.65. The molecule has 8 nitrogen and oxygen atoms in total. The summed E-state index contributed by atoms with van der Waals surface area (Å²) in [7, 11) is 0. The van der Waals surface area contributed by atoms with Crippen LogP contribution in [0, 0.1) is 11.3 Å². The molecule has 128 valence electrons. The number of nitriles is 1. The molecule has 9 heteroatoms. The van der Waals surface area contributed by atoms with E-state index in [0.29, 0.717) is 19.6 Å². The van der Waals surface area contributed by atoms with Crippen molar-refractivity contribution in [2.24, 2.45) is 0 Å². The van der Waals surface area contributed by atoms with Crippen molar-refractivity contribution in [1.29, 1.82) is 5.26 Å². The summed E-state index contributed by atoms with van der Waals surface area (Å²) in [5.41, 5.74) is 1.95. The fraction of sp³-hybridized carbons (Fsp3) is 0.600. The molecule has 1 aromatic heterocycles. The van der Waals surface area contributed by atoms with Crippen molar-refractivity contribution >= 4 is 23.5 Å². The number of aromatic nitrogens is 2. The van der Waals surface area contributed by atoms with Gasteiger partial charge in [-0.05, 0) is 31.5 Å². The number of carbonyl (C=O) groups is 1. The zero-order chi connectivity index (χ0) is 17.3. The smallest absolute Gasteiger partial charge is 0.407 e. The van der Waals surface area contributed by atoms with E-state index in [0.717, 1.165) is 30.0 Å². The molecule has 0 spiro atoms. The average Bonchev–Trinajstić information content (AvgIpc) is 2.55. The number of amides is 1. The van der Waals surface area contributed by atoms with Gasteiger partial charge in [0.05, 0.1) is 24.2 Å². The molecule has 2 aliphatic rings.